The highest BCUT2D eigenvalue weighted by Gasteiger charge is 2.35. The lowest BCUT2D eigenvalue weighted by Gasteiger charge is -2.44. The highest BCUT2D eigenvalue weighted by atomic mass is 16.5. The molecular weight excluding hydrogens is 212 g/mol. The predicted molar refractivity (Wildman–Crippen MR) is 71.3 cm³/mol. The molecule has 0 radical (unpaired) electrons. The third kappa shape index (κ3) is 3.21. The van der Waals surface area contributed by atoms with Crippen LogP contribution in [0.3, 0.4) is 0 Å². The van der Waals surface area contributed by atoms with Gasteiger partial charge in [0.15, 0.2) is 0 Å². The predicted octanol–water partition coefficient (Wildman–Crippen LogP) is 1.88. The van der Waals surface area contributed by atoms with E-state index in [-0.39, 0.29) is 5.54 Å². The molecule has 17 heavy (non-hydrogen) atoms. The molecule has 0 spiro atoms. The van der Waals surface area contributed by atoms with Gasteiger partial charge in [0, 0.05) is 24.7 Å². The average Bonchev–Trinajstić information content (AvgIpc) is 2.70. The molecule has 0 aromatic carbocycles. The van der Waals surface area contributed by atoms with Gasteiger partial charge in [0.25, 0.3) is 0 Å². The SMILES string of the molecule is CCNC1CCCC1CN1CCOCC1(C)C. The van der Waals surface area contributed by atoms with Crippen LogP contribution in [0.5, 0.6) is 0 Å². The zero-order valence-corrected chi connectivity index (χ0v) is 11.7. The van der Waals surface area contributed by atoms with Crippen molar-refractivity contribution < 1.29 is 4.74 Å². The topological polar surface area (TPSA) is 24.5 Å². The van der Waals surface area contributed by atoms with Crippen molar-refractivity contribution >= 4 is 0 Å². The zero-order valence-electron chi connectivity index (χ0n) is 11.7. The number of hydrogen-bond donors (Lipinski definition) is 1. The molecule has 0 aromatic rings. The van der Waals surface area contributed by atoms with Crippen LogP contribution in [0.25, 0.3) is 0 Å². The maximum atomic E-state index is 5.60. The third-order valence-electron chi connectivity index (χ3n) is 4.40. The van der Waals surface area contributed by atoms with Gasteiger partial charge in [-0.1, -0.05) is 13.3 Å². The molecule has 1 aliphatic heterocycles. The normalized spacial score (nSPS) is 34.1. The maximum Gasteiger partial charge on any atom is 0.0645 e. The van der Waals surface area contributed by atoms with Gasteiger partial charge in [0.1, 0.15) is 0 Å². The van der Waals surface area contributed by atoms with Crippen LogP contribution in [0.4, 0.5) is 0 Å². The molecule has 3 nitrogen and oxygen atoms in total. The second-order valence-electron chi connectivity index (χ2n) is 6.17. The fraction of sp³-hybridized carbons (Fsp3) is 1.00. The van der Waals surface area contributed by atoms with E-state index in [1.54, 1.807) is 0 Å². The van der Waals surface area contributed by atoms with Gasteiger partial charge in [-0.3, -0.25) is 4.90 Å². The van der Waals surface area contributed by atoms with Crippen LogP contribution in [-0.2, 0) is 4.74 Å². The van der Waals surface area contributed by atoms with Crippen molar-refractivity contribution in [1.29, 1.82) is 0 Å². The molecule has 2 atom stereocenters. The lowest BCUT2D eigenvalue weighted by atomic mass is 9.97. The molecule has 100 valence electrons. The molecule has 0 aromatic heterocycles. The number of rotatable bonds is 4. The number of ether oxygens (including phenoxy) is 1. The summed E-state index contributed by atoms with van der Waals surface area (Å²) in [4.78, 5) is 2.64. The van der Waals surface area contributed by atoms with Crippen molar-refractivity contribution in [2.75, 3.05) is 32.8 Å². The summed E-state index contributed by atoms with van der Waals surface area (Å²) < 4.78 is 5.60. The number of hydrogen-bond acceptors (Lipinski definition) is 3. The Morgan fingerprint density at radius 3 is 2.88 bits per heavy atom. The average molecular weight is 240 g/mol. The summed E-state index contributed by atoms with van der Waals surface area (Å²) in [5.41, 5.74) is 0.220. The standard InChI is InChI=1S/C14H28N2O/c1-4-15-13-7-5-6-12(13)10-16-8-9-17-11-14(16,2)3/h12-13,15H,4-11H2,1-3H3. The third-order valence-corrected chi connectivity index (χ3v) is 4.40. The van der Waals surface area contributed by atoms with Crippen molar-refractivity contribution in [2.45, 2.75) is 51.6 Å². The van der Waals surface area contributed by atoms with E-state index < -0.39 is 0 Å². The van der Waals surface area contributed by atoms with Gasteiger partial charge < -0.3 is 10.1 Å². The van der Waals surface area contributed by atoms with E-state index >= 15 is 0 Å². The minimum atomic E-state index is 0.220. The van der Waals surface area contributed by atoms with Crippen LogP contribution in [0.15, 0.2) is 0 Å². The first kappa shape index (κ1) is 13.3. The van der Waals surface area contributed by atoms with Crippen molar-refractivity contribution in [3.05, 3.63) is 0 Å². The molecule has 1 heterocycles. The maximum absolute atomic E-state index is 5.60. The Balaban J connectivity index is 1.90. The smallest absolute Gasteiger partial charge is 0.0645 e. The molecule has 0 bridgehead atoms. The van der Waals surface area contributed by atoms with E-state index in [9.17, 15) is 0 Å². The number of nitrogens with one attached hydrogen (secondary N) is 1. The summed E-state index contributed by atoms with van der Waals surface area (Å²) >= 11 is 0. The van der Waals surface area contributed by atoms with Gasteiger partial charge in [-0.25, -0.2) is 0 Å². The molecule has 1 saturated carbocycles. The summed E-state index contributed by atoms with van der Waals surface area (Å²) in [5.74, 6) is 0.840. The van der Waals surface area contributed by atoms with Gasteiger partial charge in [0.2, 0.25) is 0 Å². The molecule has 0 amide bonds. The quantitative estimate of drug-likeness (QED) is 0.812. The molecule has 2 unspecified atom stereocenters. The van der Waals surface area contributed by atoms with E-state index in [4.69, 9.17) is 4.74 Å². The summed E-state index contributed by atoms with van der Waals surface area (Å²) in [6, 6.07) is 0.749. The Morgan fingerprint density at radius 2 is 2.18 bits per heavy atom. The molecule has 3 heteroatoms. The summed E-state index contributed by atoms with van der Waals surface area (Å²) in [6.07, 6.45) is 4.15. The van der Waals surface area contributed by atoms with E-state index in [1.165, 1.54) is 25.8 Å². The molecule has 2 fully saturated rings. The van der Waals surface area contributed by atoms with Crippen LogP contribution >= 0.6 is 0 Å². The van der Waals surface area contributed by atoms with Crippen molar-refractivity contribution in [3.8, 4) is 0 Å². The summed E-state index contributed by atoms with van der Waals surface area (Å²) in [5, 5.41) is 3.65. The van der Waals surface area contributed by atoms with Gasteiger partial charge in [0.05, 0.1) is 13.2 Å². The fourth-order valence-electron chi connectivity index (χ4n) is 3.30. The lowest BCUT2D eigenvalue weighted by Crippen LogP contribution is -2.55. The molecule has 1 aliphatic carbocycles. The van der Waals surface area contributed by atoms with Gasteiger partial charge >= 0.3 is 0 Å². The Bertz CT molecular complexity index is 242. The Kier molecular flexibility index (Phi) is 4.45. The van der Waals surface area contributed by atoms with Crippen molar-refractivity contribution in [2.24, 2.45) is 5.92 Å². The monoisotopic (exact) mass is 240 g/mol. The van der Waals surface area contributed by atoms with Crippen molar-refractivity contribution in [1.82, 2.24) is 10.2 Å². The van der Waals surface area contributed by atoms with E-state index in [2.05, 4.69) is 31.0 Å². The Labute approximate surface area is 106 Å². The van der Waals surface area contributed by atoms with Gasteiger partial charge in [-0.05, 0) is 39.2 Å². The van der Waals surface area contributed by atoms with E-state index in [1.807, 2.05) is 0 Å². The summed E-state index contributed by atoms with van der Waals surface area (Å²) in [7, 11) is 0. The molecule has 1 saturated heterocycles. The second-order valence-corrected chi connectivity index (χ2v) is 6.17. The number of nitrogens with zero attached hydrogens (tertiary/aromatic N) is 1. The lowest BCUT2D eigenvalue weighted by molar-refractivity contribution is -0.0580. The van der Waals surface area contributed by atoms with Crippen molar-refractivity contribution in [3.63, 3.8) is 0 Å². The molecule has 1 N–H and O–H groups in total. The van der Waals surface area contributed by atoms with Crippen LogP contribution in [0, 0.1) is 5.92 Å². The Hall–Kier alpha value is -0.120. The van der Waals surface area contributed by atoms with Gasteiger partial charge in [-0.2, -0.15) is 0 Å². The minimum absolute atomic E-state index is 0.220. The first-order valence-electron chi connectivity index (χ1n) is 7.19. The molecule has 2 aliphatic rings. The Morgan fingerprint density at radius 1 is 1.35 bits per heavy atom. The first-order chi connectivity index (χ1) is 8.13. The van der Waals surface area contributed by atoms with Gasteiger partial charge in [-0.15, -0.1) is 0 Å². The second kappa shape index (κ2) is 5.68. The zero-order chi connectivity index (χ0) is 12.3. The summed E-state index contributed by atoms with van der Waals surface area (Å²) in [6.45, 7) is 12.1. The first-order valence-corrected chi connectivity index (χ1v) is 7.19. The van der Waals surface area contributed by atoms with E-state index in [0.717, 1.165) is 38.3 Å². The highest BCUT2D eigenvalue weighted by Crippen LogP contribution is 2.29. The highest BCUT2D eigenvalue weighted by molar-refractivity contribution is 4.90. The molecule has 2 rings (SSSR count). The van der Waals surface area contributed by atoms with Crippen LogP contribution in [-0.4, -0.2) is 49.3 Å². The van der Waals surface area contributed by atoms with Crippen LogP contribution in [0.2, 0.25) is 0 Å². The molecular formula is C14H28N2O. The fourth-order valence-corrected chi connectivity index (χ4v) is 3.30. The number of morpholine rings is 1. The minimum Gasteiger partial charge on any atom is -0.378 e. The van der Waals surface area contributed by atoms with Crippen LogP contribution in [0.1, 0.15) is 40.0 Å². The van der Waals surface area contributed by atoms with E-state index in [0.29, 0.717) is 0 Å². The largest absolute Gasteiger partial charge is 0.378 e. The van der Waals surface area contributed by atoms with Crippen LogP contribution < -0.4 is 5.32 Å².